The largest absolute Gasteiger partial charge is 0.461 e. The van der Waals surface area contributed by atoms with E-state index in [2.05, 4.69) is 5.32 Å². The van der Waals surface area contributed by atoms with Gasteiger partial charge in [0.1, 0.15) is 19.3 Å². The highest BCUT2D eigenvalue weighted by molar-refractivity contribution is 5.84. The minimum absolute atomic E-state index is 0.000932. The van der Waals surface area contributed by atoms with Gasteiger partial charge in [-0.15, -0.1) is 0 Å². The number of hydrogen-bond donors (Lipinski definition) is 1. The van der Waals surface area contributed by atoms with Crippen LogP contribution in [0.3, 0.4) is 0 Å². The van der Waals surface area contributed by atoms with E-state index in [1.54, 1.807) is 0 Å². The van der Waals surface area contributed by atoms with E-state index in [0.29, 0.717) is 0 Å². The molecule has 0 radical (unpaired) electrons. The van der Waals surface area contributed by atoms with E-state index in [1.807, 2.05) is 91.0 Å². The molecule has 0 heterocycles. The fourth-order valence-corrected chi connectivity index (χ4v) is 3.33. The minimum Gasteiger partial charge on any atom is -0.461 e. The summed E-state index contributed by atoms with van der Waals surface area (Å²) in [5.41, 5.74) is 2.65. The average molecular weight is 460 g/mol. The van der Waals surface area contributed by atoms with Crippen molar-refractivity contribution in [2.45, 2.75) is 38.5 Å². The molecule has 0 aromatic heterocycles. The molecule has 0 spiro atoms. The van der Waals surface area contributed by atoms with Crippen molar-refractivity contribution in [2.24, 2.45) is 0 Å². The maximum Gasteiger partial charge on any atom is 0.323 e. The van der Waals surface area contributed by atoms with Crippen LogP contribution in [0.5, 0.6) is 0 Å². The number of carbonyl (C=O) groups excluding carboxylic acids is 3. The van der Waals surface area contributed by atoms with Crippen molar-refractivity contribution >= 4 is 17.7 Å². The van der Waals surface area contributed by atoms with Gasteiger partial charge in [-0.2, -0.15) is 0 Å². The predicted octanol–water partition coefficient (Wildman–Crippen LogP) is 4.02. The summed E-state index contributed by atoms with van der Waals surface area (Å²) >= 11 is 0. The molecule has 1 N–H and O–H groups in total. The van der Waals surface area contributed by atoms with Crippen LogP contribution in [0.2, 0.25) is 0 Å². The zero-order valence-corrected chi connectivity index (χ0v) is 19.0. The third-order valence-corrected chi connectivity index (χ3v) is 5.18. The molecule has 0 aliphatic heterocycles. The van der Waals surface area contributed by atoms with Crippen molar-refractivity contribution in [2.75, 3.05) is 6.54 Å². The van der Waals surface area contributed by atoms with E-state index in [9.17, 15) is 14.4 Å². The molecule has 0 saturated heterocycles. The van der Waals surface area contributed by atoms with Crippen LogP contribution < -0.4 is 5.32 Å². The second-order valence-corrected chi connectivity index (χ2v) is 7.91. The number of esters is 2. The van der Waals surface area contributed by atoms with Crippen LogP contribution in [-0.2, 0) is 43.5 Å². The number of ether oxygens (including phenoxy) is 2. The summed E-state index contributed by atoms with van der Waals surface area (Å²) in [7, 11) is 0. The first kappa shape index (κ1) is 24.9. The molecule has 0 aliphatic carbocycles. The minimum atomic E-state index is -0.798. The fourth-order valence-electron chi connectivity index (χ4n) is 3.33. The normalized spacial score (nSPS) is 11.4. The summed E-state index contributed by atoms with van der Waals surface area (Å²) in [5.74, 6) is -0.979. The molecular formula is C28H29NO5. The molecule has 176 valence electrons. The number of Topliss-reactive ketones (excluding diaryl/α,β-unsaturated/α-hetero) is 1. The summed E-state index contributed by atoms with van der Waals surface area (Å²) in [5, 5.41) is 2.97. The molecule has 0 saturated carbocycles. The van der Waals surface area contributed by atoms with Gasteiger partial charge in [0.05, 0.1) is 6.54 Å². The molecular weight excluding hydrogens is 430 g/mol. The van der Waals surface area contributed by atoms with Gasteiger partial charge in [-0.1, -0.05) is 91.0 Å². The lowest BCUT2D eigenvalue weighted by atomic mass is 10.1. The second-order valence-electron chi connectivity index (χ2n) is 7.91. The number of hydrogen-bond acceptors (Lipinski definition) is 6. The Kier molecular flexibility index (Phi) is 10.0. The summed E-state index contributed by atoms with van der Waals surface area (Å²) < 4.78 is 10.7. The van der Waals surface area contributed by atoms with Crippen LogP contribution in [0.25, 0.3) is 0 Å². The van der Waals surface area contributed by atoms with Crippen molar-refractivity contribution in [3.63, 3.8) is 0 Å². The number of carbonyl (C=O) groups is 3. The summed E-state index contributed by atoms with van der Waals surface area (Å²) in [6.07, 6.45) is 0.455. The van der Waals surface area contributed by atoms with Crippen LogP contribution in [0.1, 0.15) is 29.5 Å². The van der Waals surface area contributed by atoms with Crippen molar-refractivity contribution in [3.05, 3.63) is 108 Å². The standard InChI is InChI=1S/C28H29NO5/c30-25(18-22-10-4-1-5-11-22)19-29-26(28(32)34-21-24-14-8-3-9-15-24)16-17-27(31)33-20-23-12-6-2-7-13-23/h1-15,26,29H,16-21H2/t26-/m0/s1. The Balaban J connectivity index is 1.52. The molecule has 0 aliphatic rings. The van der Waals surface area contributed by atoms with Gasteiger partial charge < -0.3 is 9.47 Å². The first-order chi connectivity index (χ1) is 16.6. The van der Waals surface area contributed by atoms with E-state index < -0.39 is 18.0 Å². The van der Waals surface area contributed by atoms with Gasteiger partial charge in [0.2, 0.25) is 0 Å². The Morgan fingerprint density at radius 3 is 1.74 bits per heavy atom. The third kappa shape index (κ3) is 9.00. The lowest BCUT2D eigenvalue weighted by Gasteiger charge is -2.17. The number of benzene rings is 3. The Morgan fingerprint density at radius 2 is 1.18 bits per heavy atom. The molecule has 3 aromatic carbocycles. The van der Waals surface area contributed by atoms with E-state index in [0.717, 1.165) is 16.7 Å². The zero-order chi connectivity index (χ0) is 24.0. The van der Waals surface area contributed by atoms with Gasteiger partial charge in [-0.3, -0.25) is 19.7 Å². The van der Waals surface area contributed by atoms with Crippen LogP contribution in [0, 0.1) is 0 Å². The van der Waals surface area contributed by atoms with Crippen LogP contribution in [0.4, 0.5) is 0 Å². The SMILES string of the molecule is O=C(CN[C@@H](CCC(=O)OCc1ccccc1)C(=O)OCc1ccccc1)Cc1ccccc1. The van der Waals surface area contributed by atoms with E-state index in [4.69, 9.17) is 9.47 Å². The van der Waals surface area contributed by atoms with Crippen molar-refractivity contribution in [1.29, 1.82) is 0 Å². The molecule has 0 fully saturated rings. The molecule has 1 atom stereocenters. The highest BCUT2D eigenvalue weighted by Gasteiger charge is 2.22. The highest BCUT2D eigenvalue weighted by Crippen LogP contribution is 2.08. The van der Waals surface area contributed by atoms with Gasteiger partial charge in [-0.05, 0) is 23.1 Å². The Hall–Kier alpha value is -3.77. The van der Waals surface area contributed by atoms with Gasteiger partial charge in [0, 0.05) is 12.8 Å². The maximum atomic E-state index is 12.7. The lowest BCUT2D eigenvalue weighted by Crippen LogP contribution is -2.41. The molecule has 34 heavy (non-hydrogen) atoms. The Labute approximate surface area is 199 Å². The topological polar surface area (TPSA) is 81.7 Å². The van der Waals surface area contributed by atoms with Gasteiger partial charge in [-0.25, -0.2) is 0 Å². The quantitative estimate of drug-likeness (QED) is 0.389. The number of nitrogens with one attached hydrogen (secondary N) is 1. The zero-order valence-electron chi connectivity index (χ0n) is 19.0. The van der Waals surface area contributed by atoms with Crippen LogP contribution >= 0.6 is 0 Å². The van der Waals surface area contributed by atoms with Gasteiger partial charge in [0.25, 0.3) is 0 Å². The first-order valence-electron chi connectivity index (χ1n) is 11.3. The molecule has 3 aromatic rings. The molecule has 6 nitrogen and oxygen atoms in total. The molecule has 6 heteroatoms. The van der Waals surface area contributed by atoms with E-state index in [1.165, 1.54) is 0 Å². The summed E-state index contributed by atoms with van der Waals surface area (Å²) in [6, 6.07) is 27.3. The number of ketones is 1. The molecule has 0 amide bonds. The van der Waals surface area contributed by atoms with Crippen LogP contribution in [0.15, 0.2) is 91.0 Å². The van der Waals surface area contributed by atoms with E-state index >= 15 is 0 Å². The maximum absolute atomic E-state index is 12.7. The number of rotatable bonds is 13. The monoisotopic (exact) mass is 459 g/mol. The second kappa shape index (κ2) is 13.7. The van der Waals surface area contributed by atoms with Crippen LogP contribution in [-0.4, -0.2) is 30.3 Å². The Bertz CT molecular complexity index is 1040. The summed E-state index contributed by atoms with van der Waals surface area (Å²) in [4.78, 5) is 37.4. The third-order valence-electron chi connectivity index (χ3n) is 5.18. The average Bonchev–Trinajstić information content (AvgIpc) is 2.88. The summed E-state index contributed by atoms with van der Waals surface area (Å²) in [6.45, 7) is 0.291. The van der Waals surface area contributed by atoms with Gasteiger partial charge in [0.15, 0.2) is 5.78 Å². The van der Waals surface area contributed by atoms with Crippen molar-refractivity contribution < 1.29 is 23.9 Å². The van der Waals surface area contributed by atoms with Crippen molar-refractivity contribution in [1.82, 2.24) is 5.32 Å². The van der Waals surface area contributed by atoms with E-state index in [-0.39, 0.29) is 44.8 Å². The smallest absolute Gasteiger partial charge is 0.323 e. The van der Waals surface area contributed by atoms with Gasteiger partial charge >= 0.3 is 11.9 Å². The first-order valence-corrected chi connectivity index (χ1v) is 11.3. The molecule has 0 unspecified atom stereocenters. The molecule has 3 rings (SSSR count). The highest BCUT2D eigenvalue weighted by atomic mass is 16.5. The Morgan fingerprint density at radius 1 is 0.676 bits per heavy atom. The van der Waals surface area contributed by atoms with Crippen molar-refractivity contribution in [3.8, 4) is 0 Å². The molecule has 0 bridgehead atoms. The predicted molar refractivity (Wildman–Crippen MR) is 129 cm³/mol. The fraction of sp³-hybridized carbons (Fsp3) is 0.250. The lowest BCUT2D eigenvalue weighted by molar-refractivity contribution is -0.149.